The second-order valence-electron chi connectivity index (χ2n) is 4.44. The highest BCUT2D eigenvalue weighted by atomic mass is 35.5. The van der Waals surface area contributed by atoms with E-state index in [1.54, 1.807) is 18.3 Å². The van der Waals surface area contributed by atoms with Crippen LogP contribution in [0, 0.1) is 0 Å². The first-order chi connectivity index (χ1) is 10.1. The van der Waals surface area contributed by atoms with Gasteiger partial charge in [0.25, 0.3) is 0 Å². The van der Waals surface area contributed by atoms with E-state index in [4.69, 9.17) is 34.3 Å². The fraction of sp³-hybridized carbons (Fsp3) is 0. The number of ether oxygens (including phenoxy) is 1. The molecule has 0 saturated carbocycles. The number of benzene rings is 2. The van der Waals surface area contributed by atoms with Crippen LogP contribution in [0.2, 0.25) is 5.02 Å². The fourth-order valence-electron chi connectivity index (χ4n) is 2.01. The molecule has 1 aromatic heterocycles. The number of hydrogen-bond acceptors (Lipinski definition) is 3. The molecule has 2 N–H and O–H groups in total. The number of aromatic nitrogens is 1. The van der Waals surface area contributed by atoms with E-state index in [0.717, 1.165) is 16.5 Å². The van der Waals surface area contributed by atoms with Gasteiger partial charge in [0.2, 0.25) is 0 Å². The van der Waals surface area contributed by atoms with Crippen molar-refractivity contribution in [3.63, 3.8) is 0 Å². The summed E-state index contributed by atoms with van der Waals surface area (Å²) in [5, 5.41) is 1.51. The van der Waals surface area contributed by atoms with Gasteiger partial charge in [-0.15, -0.1) is 0 Å². The molecule has 1 heterocycles. The van der Waals surface area contributed by atoms with Crippen LogP contribution in [-0.4, -0.2) is 9.97 Å². The average Bonchev–Trinajstić information content (AvgIpc) is 2.51. The van der Waals surface area contributed by atoms with Crippen LogP contribution < -0.4 is 10.5 Å². The fourth-order valence-corrected chi connectivity index (χ4v) is 2.36. The number of pyridine rings is 1. The Kier molecular flexibility index (Phi) is 3.73. The third kappa shape index (κ3) is 2.82. The Hall–Kier alpha value is -2.17. The van der Waals surface area contributed by atoms with Crippen molar-refractivity contribution in [2.45, 2.75) is 0 Å². The van der Waals surface area contributed by atoms with Crippen LogP contribution in [0.25, 0.3) is 10.9 Å². The summed E-state index contributed by atoms with van der Waals surface area (Å²) < 4.78 is 5.88. The van der Waals surface area contributed by atoms with E-state index in [9.17, 15) is 0 Å². The van der Waals surface area contributed by atoms with E-state index in [0.29, 0.717) is 21.5 Å². The highest BCUT2D eigenvalue weighted by molar-refractivity contribution is 7.80. The summed E-state index contributed by atoms with van der Waals surface area (Å²) in [7, 11) is 0. The van der Waals surface area contributed by atoms with Gasteiger partial charge in [-0.05, 0) is 48.5 Å². The number of nitrogens with zero attached hydrogens (tertiary/aromatic N) is 1. The summed E-state index contributed by atoms with van der Waals surface area (Å²) in [6, 6.07) is 14.6. The van der Waals surface area contributed by atoms with Gasteiger partial charge in [0, 0.05) is 17.1 Å². The Morgan fingerprint density at radius 3 is 2.57 bits per heavy atom. The van der Waals surface area contributed by atoms with Crippen LogP contribution in [0.3, 0.4) is 0 Å². The number of rotatable bonds is 3. The number of halogens is 1. The van der Waals surface area contributed by atoms with Crippen molar-refractivity contribution in [3.8, 4) is 11.5 Å². The van der Waals surface area contributed by atoms with E-state index in [1.807, 2.05) is 36.4 Å². The SMILES string of the molecule is NC(=S)c1ccc(Oc2ccc(Cl)c3cccnc23)cc1. The molecule has 5 heteroatoms. The monoisotopic (exact) mass is 314 g/mol. The molecule has 104 valence electrons. The second kappa shape index (κ2) is 5.68. The van der Waals surface area contributed by atoms with E-state index in [2.05, 4.69) is 4.98 Å². The van der Waals surface area contributed by atoms with Crippen LogP contribution in [0.5, 0.6) is 11.5 Å². The minimum Gasteiger partial charge on any atom is -0.455 e. The normalized spacial score (nSPS) is 10.5. The summed E-state index contributed by atoms with van der Waals surface area (Å²) in [5.74, 6) is 1.34. The van der Waals surface area contributed by atoms with E-state index in [-0.39, 0.29) is 0 Å². The molecule has 0 aliphatic heterocycles. The molecule has 0 saturated heterocycles. The molecule has 0 amide bonds. The van der Waals surface area contributed by atoms with Gasteiger partial charge in [-0.1, -0.05) is 23.8 Å². The number of hydrogen-bond donors (Lipinski definition) is 1. The number of nitrogens with two attached hydrogens (primary N) is 1. The Labute approximate surface area is 132 Å². The van der Waals surface area contributed by atoms with Gasteiger partial charge in [0.15, 0.2) is 5.75 Å². The van der Waals surface area contributed by atoms with E-state index < -0.39 is 0 Å². The van der Waals surface area contributed by atoms with Crippen LogP contribution in [0.4, 0.5) is 0 Å². The van der Waals surface area contributed by atoms with Gasteiger partial charge in [0.05, 0.1) is 5.02 Å². The Bertz CT molecular complexity index is 818. The Morgan fingerprint density at radius 2 is 1.86 bits per heavy atom. The maximum absolute atomic E-state index is 6.16. The molecular weight excluding hydrogens is 304 g/mol. The summed E-state index contributed by atoms with van der Waals surface area (Å²) in [5.41, 5.74) is 7.10. The van der Waals surface area contributed by atoms with Crippen molar-refractivity contribution in [2.24, 2.45) is 5.73 Å². The maximum atomic E-state index is 6.16. The topological polar surface area (TPSA) is 48.1 Å². The molecule has 0 fully saturated rings. The van der Waals surface area contributed by atoms with Crippen molar-refractivity contribution in [1.29, 1.82) is 0 Å². The molecule has 0 aliphatic carbocycles. The second-order valence-corrected chi connectivity index (χ2v) is 5.28. The van der Waals surface area contributed by atoms with Gasteiger partial charge >= 0.3 is 0 Å². The molecule has 2 aromatic carbocycles. The molecule has 0 atom stereocenters. The van der Waals surface area contributed by atoms with Gasteiger partial charge in [0.1, 0.15) is 16.3 Å². The summed E-state index contributed by atoms with van der Waals surface area (Å²) in [6.45, 7) is 0. The van der Waals surface area contributed by atoms with E-state index in [1.165, 1.54) is 0 Å². The summed E-state index contributed by atoms with van der Waals surface area (Å²) in [6.07, 6.45) is 1.71. The molecule has 3 nitrogen and oxygen atoms in total. The van der Waals surface area contributed by atoms with E-state index >= 15 is 0 Å². The maximum Gasteiger partial charge on any atom is 0.153 e. The van der Waals surface area contributed by atoms with Gasteiger partial charge in [-0.25, -0.2) is 0 Å². The molecular formula is C16H11ClN2OS. The zero-order chi connectivity index (χ0) is 14.8. The van der Waals surface area contributed by atoms with Gasteiger partial charge in [-0.3, -0.25) is 4.98 Å². The predicted molar refractivity (Wildman–Crippen MR) is 89.2 cm³/mol. The standard InChI is InChI=1S/C16H11ClN2OS/c17-13-7-8-14(15-12(13)2-1-9-19-15)20-11-5-3-10(4-6-11)16(18)21/h1-9H,(H2,18,21). The van der Waals surface area contributed by atoms with Gasteiger partial charge in [-0.2, -0.15) is 0 Å². The predicted octanol–water partition coefficient (Wildman–Crippen LogP) is 4.31. The summed E-state index contributed by atoms with van der Waals surface area (Å²) >= 11 is 11.1. The first-order valence-electron chi connectivity index (χ1n) is 6.26. The molecule has 21 heavy (non-hydrogen) atoms. The highest BCUT2D eigenvalue weighted by Gasteiger charge is 2.08. The lowest BCUT2D eigenvalue weighted by Crippen LogP contribution is -2.08. The van der Waals surface area contributed by atoms with Crippen LogP contribution in [0.15, 0.2) is 54.7 Å². The third-order valence-corrected chi connectivity index (χ3v) is 3.61. The molecule has 0 spiro atoms. The van der Waals surface area contributed by atoms with Crippen LogP contribution >= 0.6 is 23.8 Å². The number of thiocarbonyl (C=S) groups is 1. The van der Waals surface area contributed by atoms with Gasteiger partial charge < -0.3 is 10.5 Å². The quantitative estimate of drug-likeness (QED) is 0.732. The molecule has 0 bridgehead atoms. The Morgan fingerprint density at radius 1 is 1.10 bits per heavy atom. The average molecular weight is 315 g/mol. The Balaban J connectivity index is 1.98. The molecule has 3 aromatic rings. The van der Waals surface area contributed by atoms with Crippen molar-refractivity contribution in [3.05, 3.63) is 65.3 Å². The first-order valence-corrected chi connectivity index (χ1v) is 7.05. The van der Waals surface area contributed by atoms with Crippen molar-refractivity contribution >= 4 is 39.7 Å². The van der Waals surface area contributed by atoms with Crippen molar-refractivity contribution < 1.29 is 4.74 Å². The zero-order valence-electron chi connectivity index (χ0n) is 10.9. The smallest absolute Gasteiger partial charge is 0.153 e. The van der Waals surface area contributed by atoms with Crippen molar-refractivity contribution in [1.82, 2.24) is 4.98 Å². The summed E-state index contributed by atoms with van der Waals surface area (Å²) in [4.78, 5) is 4.69. The largest absolute Gasteiger partial charge is 0.455 e. The molecule has 0 aliphatic rings. The molecule has 3 rings (SSSR count). The van der Waals surface area contributed by atoms with Crippen LogP contribution in [-0.2, 0) is 0 Å². The highest BCUT2D eigenvalue weighted by Crippen LogP contribution is 2.32. The minimum absolute atomic E-state index is 0.361. The third-order valence-electron chi connectivity index (χ3n) is 3.05. The first kappa shape index (κ1) is 13.8. The molecule has 0 radical (unpaired) electrons. The minimum atomic E-state index is 0.361. The van der Waals surface area contributed by atoms with Crippen molar-refractivity contribution in [2.75, 3.05) is 0 Å². The van der Waals surface area contributed by atoms with Crippen LogP contribution in [0.1, 0.15) is 5.56 Å². The lowest BCUT2D eigenvalue weighted by molar-refractivity contribution is 0.487. The zero-order valence-corrected chi connectivity index (χ0v) is 12.5. The lowest BCUT2D eigenvalue weighted by atomic mass is 10.2. The molecule has 0 unspecified atom stereocenters. The lowest BCUT2D eigenvalue weighted by Gasteiger charge is -2.09. The number of fused-ring (bicyclic) bond motifs is 1.